The molecule has 1 aromatic heterocycles. The van der Waals surface area contributed by atoms with Crippen LogP contribution in [0.3, 0.4) is 0 Å². The molecule has 0 spiro atoms. The number of halogens is 1. The van der Waals surface area contributed by atoms with Crippen molar-refractivity contribution >= 4 is 27.3 Å². The molecule has 13 heavy (non-hydrogen) atoms. The standard InChI is InChI=1S/C9H12BrN3/c1-13(6-2-3-6)9-7(10)4-12-5-8(9)11/h4-6H,2-3,11H2,1H3. The summed E-state index contributed by atoms with van der Waals surface area (Å²) in [6.45, 7) is 0. The summed E-state index contributed by atoms with van der Waals surface area (Å²) in [6, 6.07) is 0.668. The third kappa shape index (κ3) is 1.63. The van der Waals surface area contributed by atoms with Gasteiger partial charge in [-0.05, 0) is 28.8 Å². The van der Waals surface area contributed by atoms with Gasteiger partial charge in [-0.25, -0.2) is 0 Å². The molecule has 2 rings (SSSR count). The van der Waals surface area contributed by atoms with E-state index < -0.39 is 0 Å². The van der Waals surface area contributed by atoms with Crippen LogP contribution in [0.5, 0.6) is 0 Å². The average molecular weight is 242 g/mol. The fourth-order valence-corrected chi connectivity index (χ4v) is 2.09. The Bertz CT molecular complexity index is 302. The predicted molar refractivity (Wildman–Crippen MR) is 57.8 cm³/mol. The molecule has 1 aliphatic rings. The Morgan fingerprint density at radius 1 is 1.54 bits per heavy atom. The van der Waals surface area contributed by atoms with E-state index in [2.05, 4.69) is 32.9 Å². The first kappa shape index (κ1) is 8.81. The zero-order valence-electron chi connectivity index (χ0n) is 7.50. The van der Waals surface area contributed by atoms with Gasteiger partial charge in [-0.2, -0.15) is 0 Å². The number of nitrogens with zero attached hydrogens (tertiary/aromatic N) is 2. The number of hydrogen-bond donors (Lipinski definition) is 1. The molecular weight excluding hydrogens is 230 g/mol. The Hall–Kier alpha value is -0.770. The van der Waals surface area contributed by atoms with Gasteiger partial charge in [0.15, 0.2) is 0 Å². The number of anilines is 2. The van der Waals surface area contributed by atoms with Crippen molar-refractivity contribution < 1.29 is 0 Å². The third-order valence-corrected chi connectivity index (χ3v) is 2.93. The van der Waals surface area contributed by atoms with Gasteiger partial charge in [0.05, 0.1) is 22.0 Å². The van der Waals surface area contributed by atoms with Crippen molar-refractivity contribution in [3.63, 3.8) is 0 Å². The van der Waals surface area contributed by atoms with Crippen LogP contribution in [0.1, 0.15) is 12.8 Å². The van der Waals surface area contributed by atoms with E-state index in [1.165, 1.54) is 12.8 Å². The van der Waals surface area contributed by atoms with Crippen LogP contribution >= 0.6 is 15.9 Å². The molecule has 0 radical (unpaired) electrons. The Morgan fingerprint density at radius 2 is 2.23 bits per heavy atom. The summed E-state index contributed by atoms with van der Waals surface area (Å²) in [5.41, 5.74) is 7.66. The Morgan fingerprint density at radius 3 is 2.77 bits per heavy atom. The highest BCUT2D eigenvalue weighted by Gasteiger charge is 2.28. The second kappa shape index (κ2) is 3.18. The van der Waals surface area contributed by atoms with Crippen molar-refractivity contribution in [1.82, 2.24) is 4.98 Å². The van der Waals surface area contributed by atoms with E-state index in [1.54, 1.807) is 12.4 Å². The van der Waals surface area contributed by atoms with Crippen molar-refractivity contribution in [1.29, 1.82) is 0 Å². The van der Waals surface area contributed by atoms with Gasteiger partial charge in [0, 0.05) is 19.3 Å². The van der Waals surface area contributed by atoms with E-state index in [4.69, 9.17) is 5.73 Å². The van der Waals surface area contributed by atoms with Gasteiger partial charge in [-0.1, -0.05) is 0 Å². The molecule has 70 valence electrons. The zero-order valence-corrected chi connectivity index (χ0v) is 9.08. The van der Waals surface area contributed by atoms with Crippen molar-refractivity contribution in [2.24, 2.45) is 0 Å². The van der Waals surface area contributed by atoms with Gasteiger partial charge in [0.2, 0.25) is 0 Å². The Balaban J connectivity index is 2.36. The maximum Gasteiger partial charge on any atom is 0.0775 e. The van der Waals surface area contributed by atoms with Gasteiger partial charge in [-0.15, -0.1) is 0 Å². The van der Waals surface area contributed by atoms with Crippen molar-refractivity contribution in [2.75, 3.05) is 17.7 Å². The van der Waals surface area contributed by atoms with E-state index >= 15 is 0 Å². The van der Waals surface area contributed by atoms with Crippen LogP contribution in [0.15, 0.2) is 16.9 Å². The molecule has 1 aromatic rings. The van der Waals surface area contributed by atoms with Crippen LogP contribution in [-0.4, -0.2) is 18.1 Å². The summed E-state index contributed by atoms with van der Waals surface area (Å²) >= 11 is 3.46. The van der Waals surface area contributed by atoms with Gasteiger partial charge in [0.25, 0.3) is 0 Å². The molecule has 1 aliphatic carbocycles. The molecule has 0 saturated heterocycles. The zero-order chi connectivity index (χ0) is 9.42. The number of rotatable bonds is 2. The van der Waals surface area contributed by atoms with Crippen LogP contribution < -0.4 is 10.6 Å². The van der Waals surface area contributed by atoms with E-state index in [-0.39, 0.29) is 0 Å². The highest BCUT2D eigenvalue weighted by molar-refractivity contribution is 9.10. The van der Waals surface area contributed by atoms with Crippen LogP contribution in [0.25, 0.3) is 0 Å². The first-order chi connectivity index (χ1) is 6.20. The molecule has 0 unspecified atom stereocenters. The maximum atomic E-state index is 5.85. The lowest BCUT2D eigenvalue weighted by Gasteiger charge is -2.21. The Kier molecular flexibility index (Phi) is 2.15. The average Bonchev–Trinajstić information content (AvgIpc) is 2.85. The molecule has 3 nitrogen and oxygen atoms in total. The lowest BCUT2D eigenvalue weighted by molar-refractivity contribution is 0.913. The molecule has 0 amide bonds. The summed E-state index contributed by atoms with van der Waals surface area (Å²) in [7, 11) is 2.08. The second-order valence-corrected chi connectivity index (χ2v) is 4.26. The topological polar surface area (TPSA) is 42.1 Å². The monoisotopic (exact) mass is 241 g/mol. The van der Waals surface area contributed by atoms with Crippen LogP contribution in [-0.2, 0) is 0 Å². The molecule has 2 N–H and O–H groups in total. The molecule has 1 saturated carbocycles. The predicted octanol–water partition coefficient (Wildman–Crippen LogP) is 2.02. The highest BCUT2D eigenvalue weighted by atomic mass is 79.9. The smallest absolute Gasteiger partial charge is 0.0775 e. The van der Waals surface area contributed by atoms with Gasteiger partial charge < -0.3 is 10.6 Å². The molecule has 0 aliphatic heterocycles. The third-order valence-electron chi connectivity index (χ3n) is 2.35. The fraction of sp³-hybridized carbons (Fsp3) is 0.444. The summed E-state index contributed by atoms with van der Waals surface area (Å²) in [6.07, 6.45) is 6.01. The molecule has 0 bridgehead atoms. The molecule has 1 heterocycles. The fourth-order valence-electron chi connectivity index (χ4n) is 1.46. The van der Waals surface area contributed by atoms with Crippen molar-refractivity contribution in [2.45, 2.75) is 18.9 Å². The normalized spacial score (nSPS) is 15.8. The quantitative estimate of drug-likeness (QED) is 0.862. The first-order valence-electron chi connectivity index (χ1n) is 4.32. The van der Waals surface area contributed by atoms with Crippen molar-refractivity contribution in [3.8, 4) is 0 Å². The van der Waals surface area contributed by atoms with Gasteiger partial charge in [-0.3, -0.25) is 4.98 Å². The van der Waals surface area contributed by atoms with E-state index in [0.717, 1.165) is 15.8 Å². The van der Waals surface area contributed by atoms with E-state index in [0.29, 0.717) is 6.04 Å². The second-order valence-electron chi connectivity index (χ2n) is 3.40. The summed E-state index contributed by atoms with van der Waals surface area (Å²) in [4.78, 5) is 6.23. The maximum absolute atomic E-state index is 5.85. The molecular formula is C9H12BrN3. The van der Waals surface area contributed by atoms with Crippen LogP contribution in [0.4, 0.5) is 11.4 Å². The summed E-state index contributed by atoms with van der Waals surface area (Å²) in [5.74, 6) is 0. The summed E-state index contributed by atoms with van der Waals surface area (Å²) < 4.78 is 0.974. The lowest BCUT2D eigenvalue weighted by atomic mass is 10.3. The molecule has 0 aromatic carbocycles. The van der Waals surface area contributed by atoms with E-state index in [9.17, 15) is 0 Å². The number of nitrogens with two attached hydrogens (primary N) is 1. The minimum absolute atomic E-state index is 0.668. The van der Waals surface area contributed by atoms with Gasteiger partial charge in [0.1, 0.15) is 0 Å². The largest absolute Gasteiger partial charge is 0.396 e. The SMILES string of the molecule is CN(c1c(N)cncc1Br)C1CC1. The lowest BCUT2D eigenvalue weighted by Crippen LogP contribution is -2.21. The highest BCUT2D eigenvalue weighted by Crippen LogP contribution is 2.37. The molecule has 0 atom stereocenters. The van der Waals surface area contributed by atoms with Crippen LogP contribution in [0.2, 0.25) is 0 Å². The summed E-state index contributed by atoms with van der Waals surface area (Å²) in [5, 5.41) is 0. The molecule has 1 fully saturated rings. The number of nitrogen functional groups attached to an aromatic ring is 1. The minimum Gasteiger partial charge on any atom is -0.396 e. The minimum atomic E-state index is 0.668. The van der Waals surface area contributed by atoms with E-state index in [1.807, 2.05) is 0 Å². The number of hydrogen-bond acceptors (Lipinski definition) is 3. The Labute approximate surface area is 86.1 Å². The first-order valence-corrected chi connectivity index (χ1v) is 5.11. The van der Waals surface area contributed by atoms with Gasteiger partial charge >= 0.3 is 0 Å². The number of aromatic nitrogens is 1. The van der Waals surface area contributed by atoms with Crippen LogP contribution in [0, 0.1) is 0 Å². The number of pyridine rings is 1. The molecule has 4 heteroatoms. The van der Waals surface area contributed by atoms with Crippen molar-refractivity contribution in [3.05, 3.63) is 16.9 Å².